The molecule has 2 N–H and O–H groups in total. The molecule has 9 heteroatoms. The lowest BCUT2D eigenvalue weighted by Crippen LogP contribution is -2.18. The van der Waals surface area contributed by atoms with Crippen LogP contribution in [0.1, 0.15) is 16.0 Å². The number of rotatable bonds is 5. The number of carbonyl (C=O) groups is 1. The topological polar surface area (TPSA) is 101 Å². The van der Waals surface area contributed by atoms with Gasteiger partial charge in [0.25, 0.3) is 0 Å². The van der Waals surface area contributed by atoms with Crippen molar-refractivity contribution in [2.75, 3.05) is 24.4 Å². The Morgan fingerprint density at radius 1 is 1.23 bits per heavy atom. The Hall–Kier alpha value is -3.22. The first kappa shape index (κ1) is 22.5. The first-order chi connectivity index (χ1) is 15.1. The molecule has 0 radical (unpaired) electrons. The fourth-order valence-corrected chi connectivity index (χ4v) is 4.75. The van der Waals surface area contributed by atoms with E-state index in [1.807, 2.05) is 42.7 Å². The highest BCUT2D eigenvalue weighted by atomic mass is 32.2. The van der Waals surface area contributed by atoms with Crippen LogP contribution in [0.3, 0.4) is 0 Å². The van der Waals surface area contributed by atoms with Gasteiger partial charge in [0, 0.05) is 10.6 Å². The van der Waals surface area contributed by atoms with Gasteiger partial charge in [-0.1, -0.05) is 6.07 Å². The average molecular weight is 455 g/mol. The Kier molecular flexibility index (Phi) is 7.76. The van der Waals surface area contributed by atoms with Gasteiger partial charge in [-0.05, 0) is 55.1 Å². The van der Waals surface area contributed by atoms with Crippen molar-refractivity contribution < 1.29 is 14.3 Å². The summed E-state index contributed by atoms with van der Waals surface area (Å²) in [7, 11) is 0. The number of nitrogens with zero attached hydrogens (tertiary/aromatic N) is 3. The van der Waals surface area contributed by atoms with Crippen molar-refractivity contribution in [3.8, 4) is 17.6 Å². The van der Waals surface area contributed by atoms with Crippen LogP contribution in [-0.4, -0.2) is 30.9 Å². The molecule has 0 spiro atoms. The van der Waals surface area contributed by atoms with E-state index in [9.17, 15) is 0 Å². The van der Waals surface area contributed by atoms with E-state index in [-0.39, 0.29) is 6.41 Å². The number of nitriles is 1. The maximum atomic E-state index is 9.10. The van der Waals surface area contributed by atoms with Crippen LogP contribution in [-0.2, 0) is 11.3 Å². The van der Waals surface area contributed by atoms with Crippen molar-refractivity contribution in [2.45, 2.75) is 18.5 Å². The largest absolute Gasteiger partial charge is 0.486 e. The normalized spacial score (nSPS) is 11.6. The van der Waals surface area contributed by atoms with Gasteiger partial charge in [-0.2, -0.15) is 5.26 Å². The lowest BCUT2D eigenvalue weighted by Gasteiger charge is -2.24. The van der Waals surface area contributed by atoms with Gasteiger partial charge in [0.15, 0.2) is 16.6 Å². The Bertz CT molecular complexity index is 1080. The van der Waals surface area contributed by atoms with Gasteiger partial charge in [0.2, 0.25) is 6.41 Å². The van der Waals surface area contributed by atoms with Gasteiger partial charge in [-0.25, -0.2) is 4.98 Å². The second-order valence-corrected chi connectivity index (χ2v) is 8.40. The highest BCUT2D eigenvalue weighted by molar-refractivity contribution is 7.98. The average Bonchev–Trinajstić information content (AvgIpc) is 3.18. The molecule has 31 heavy (non-hydrogen) atoms. The zero-order chi connectivity index (χ0) is 22.2. The molecule has 1 aromatic heterocycles. The van der Waals surface area contributed by atoms with Gasteiger partial charge in [-0.15, -0.1) is 23.1 Å². The molecule has 0 saturated carbocycles. The molecule has 0 atom stereocenters. The standard InChI is InChI=1S/C21H19N3O2S2.CH3NO/c1-14-20(27-2)23-21(28-14)24(17-6-3-15(12-22)4-7-17)13-16-5-8-18-19(11-16)26-10-9-25-18;2-1-3/h3-8,11H,9-10,13H2,1-2H3;1H,(H2,2,3). The summed E-state index contributed by atoms with van der Waals surface area (Å²) < 4.78 is 11.4. The Morgan fingerprint density at radius 2 is 1.90 bits per heavy atom. The number of nitrogens with two attached hydrogens (primary N) is 1. The van der Waals surface area contributed by atoms with Crippen molar-refractivity contribution in [2.24, 2.45) is 5.73 Å². The predicted octanol–water partition coefficient (Wildman–Crippen LogP) is 4.26. The number of primary amides is 1. The molecule has 7 nitrogen and oxygen atoms in total. The summed E-state index contributed by atoms with van der Waals surface area (Å²) in [5, 5.41) is 11.1. The Morgan fingerprint density at radius 3 is 2.52 bits per heavy atom. The highest BCUT2D eigenvalue weighted by Gasteiger charge is 2.18. The fraction of sp³-hybridized carbons (Fsp3) is 0.227. The van der Waals surface area contributed by atoms with Gasteiger partial charge >= 0.3 is 0 Å². The van der Waals surface area contributed by atoms with Crippen LogP contribution in [0.15, 0.2) is 47.5 Å². The van der Waals surface area contributed by atoms with E-state index in [0.717, 1.165) is 32.9 Å². The molecule has 1 aliphatic heterocycles. The number of hydrogen-bond donors (Lipinski definition) is 1. The Balaban J connectivity index is 0.000000858. The molecule has 0 fully saturated rings. The summed E-state index contributed by atoms with van der Waals surface area (Å²) in [6, 6.07) is 15.8. The van der Waals surface area contributed by atoms with Crippen molar-refractivity contribution in [1.29, 1.82) is 5.26 Å². The monoisotopic (exact) mass is 454 g/mol. The zero-order valence-corrected chi connectivity index (χ0v) is 18.8. The molecule has 0 saturated heterocycles. The summed E-state index contributed by atoms with van der Waals surface area (Å²) in [5.41, 5.74) is 6.91. The van der Waals surface area contributed by atoms with Gasteiger partial charge in [-0.3, -0.25) is 4.79 Å². The fourth-order valence-electron chi connectivity index (χ4n) is 3.03. The van der Waals surface area contributed by atoms with Crippen molar-refractivity contribution in [1.82, 2.24) is 4.98 Å². The molecule has 3 aromatic rings. The minimum atomic E-state index is 0.250. The van der Waals surface area contributed by atoms with Crippen LogP contribution in [0, 0.1) is 18.3 Å². The van der Waals surface area contributed by atoms with Crippen LogP contribution in [0.5, 0.6) is 11.5 Å². The van der Waals surface area contributed by atoms with Gasteiger partial charge in [0.1, 0.15) is 18.2 Å². The number of hydrogen-bond acceptors (Lipinski definition) is 8. The quantitative estimate of drug-likeness (QED) is 0.454. The molecule has 1 amide bonds. The molecule has 1 aliphatic rings. The van der Waals surface area contributed by atoms with E-state index in [1.54, 1.807) is 23.1 Å². The molecular weight excluding hydrogens is 432 g/mol. The summed E-state index contributed by atoms with van der Waals surface area (Å²) in [6.07, 6.45) is 2.29. The number of aromatic nitrogens is 1. The number of carbonyl (C=O) groups excluding carboxylic acids is 1. The number of aryl methyl sites for hydroxylation is 1. The van der Waals surface area contributed by atoms with Crippen molar-refractivity contribution in [3.63, 3.8) is 0 Å². The van der Waals surface area contributed by atoms with E-state index in [4.69, 9.17) is 24.5 Å². The van der Waals surface area contributed by atoms with E-state index in [1.165, 1.54) is 4.88 Å². The summed E-state index contributed by atoms with van der Waals surface area (Å²) in [5.74, 6) is 1.57. The van der Waals surface area contributed by atoms with Gasteiger partial charge in [0.05, 0.1) is 18.2 Å². The van der Waals surface area contributed by atoms with Crippen LogP contribution in [0.2, 0.25) is 0 Å². The van der Waals surface area contributed by atoms with Crippen LogP contribution in [0.25, 0.3) is 0 Å². The van der Waals surface area contributed by atoms with Crippen LogP contribution < -0.4 is 20.1 Å². The Labute approximate surface area is 189 Å². The van der Waals surface area contributed by atoms with Gasteiger partial charge < -0.3 is 20.1 Å². The first-order valence-electron chi connectivity index (χ1n) is 9.42. The molecular formula is C22H22N4O3S2. The third-order valence-electron chi connectivity index (χ3n) is 4.42. The third-order valence-corrected chi connectivity index (χ3v) is 6.33. The molecule has 4 rings (SSSR count). The zero-order valence-electron chi connectivity index (χ0n) is 17.2. The number of fused-ring (bicyclic) bond motifs is 1. The molecule has 0 bridgehead atoms. The lowest BCUT2D eigenvalue weighted by molar-refractivity contribution is -0.106. The molecule has 160 valence electrons. The first-order valence-corrected chi connectivity index (χ1v) is 11.5. The molecule has 0 aliphatic carbocycles. The maximum absolute atomic E-state index is 9.10. The van der Waals surface area contributed by atoms with Crippen molar-refractivity contribution >= 4 is 40.3 Å². The predicted molar refractivity (Wildman–Crippen MR) is 123 cm³/mol. The SMILES string of the molecule is CSc1nc(N(Cc2ccc3c(c2)OCCO3)c2ccc(C#N)cc2)sc1C.NC=O. The third kappa shape index (κ3) is 5.48. The van der Waals surface area contributed by atoms with Crippen molar-refractivity contribution in [3.05, 3.63) is 58.5 Å². The number of anilines is 2. The number of benzene rings is 2. The van der Waals surface area contributed by atoms with E-state index in [2.05, 4.69) is 29.7 Å². The molecule has 0 unspecified atom stereocenters. The minimum absolute atomic E-state index is 0.250. The summed E-state index contributed by atoms with van der Waals surface area (Å²) in [6.45, 7) is 3.88. The molecule has 2 heterocycles. The molecule has 2 aromatic carbocycles. The summed E-state index contributed by atoms with van der Waals surface area (Å²) >= 11 is 3.33. The van der Waals surface area contributed by atoms with E-state index >= 15 is 0 Å². The van der Waals surface area contributed by atoms with Crippen LogP contribution >= 0.6 is 23.1 Å². The van der Waals surface area contributed by atoms with Crippen LogP contribution in [0.4, 0.5) is 10.8 Å². The number of ether oxygens (including phenoxy) is 2. The second kappa shape index (κ2) is 10.7. The maximum Gasteiger partial charge on any atom is 0.204 e. The van der Waals surface area contributed by atoms with E-state index < -0.39 is 0 Å². The van der Waals surface area contributed by atoms with E-state index in [0.29, 0.717) is 25.3 Å². The number of thioether (sulfide) groups is 1. The smallest absolute Gasteiger partial charge is 0.204 e. The second-order valence-electron chi connectivity index (χ2n) is 6.42. The summed E-state index contributed by atoms with van der Waals surface area (Å²) in [4.78, 5) is 16.8. The minimum Gasteiger partial charge on any atom is -0.486 e. The number of amides is 1. The lowest BCUT2D eigenvalue weighted by atomic mass is 10.1. The number of thiazole rings is 1. The highest BCUT2D eigenvalue weighted by Crippen LogP contribution is 2.37.